The molecule has 1 heterocycles. The summed E-state index contributed by atoms with van der Waals surface area (Å²) in [4.78, 5) is 11.9. The van der Waals surface area contributed by atoms with Crippen LogP contribution in [0.3, 0.4) is 0 Å². The maximum absolute atomic E-state index is 11.9. The van der Waals surface area contributed by atoms with Crippen LogP contribution >= 0.6 is 12.4 Å². The first-order valence-corrected chi connectivity index (χ1v) is 7.15. The smallest absolute Gasteiger partial charge is 0.320 e. The molecule has 0 spiro atoms. The number of nitrogens with zero attached hydrogens (tertiary/aromatic N) is 1. The van der Waals surface area contributed by atoms with Crippen LogP contribution in [0.1, 0.15) is 52.2 Å². The van der Waals surface area contributed by atoms with Crippen LogP contribution in [0.4, 0.5) is 10.6 Å². The van der Waals surface area contributed by atoms with Gasteiger partial charge < -0.3 is 15.6 Å². The van der Waals surface area contributed by atoms with Gasteiger partial charge in [0.1, 0.15) is 5.76 Å². The molecule has 2 rings (SSSR count). The second kappa shape index (κ2) is 7.13. The molecule has 1 aromatic heterocycles. The highest BCUT2D eigenvalue weighted by molar-refractivity contribution is 5.88. The summed E-state index contributed by atoms with van der Waals surface area (Å²) in [6.45, 7) is 6.09. The Labute approximate surface area is 131 Å². The van der Waals surface area contributed by atoms with Crippen molar-refractivity contribution in [3.05, 3.63) is 11.8 Å². The van der Waals surface area contributed by atoms with E-state index >= 15 is 0 Å². The first kappa shape index (κ1) is 17.8. The van der Waals surface area contributed by atoms with Gasteiger partial charge in [-0.3, -0.25) is 5.32 Å². The van der Waals surface area contributed by atoms with Gasteiger partial charge >= 0.3 is 6.03 Å². The molecule has 0 radical (unpaired) electrons. The molecule has 7 heteroatoms. The van der Waals surface area contributed by atoms with Gasteiger partial charge in [0.05, 0.1) is 0 Å². The molecular formula is C14H25ClN4O2. The zero-order valence-electron chi connectivity index (χ0n) is 12.8. The summed E-state index contributed by atoms with van der Waals surface area (Å²) in [7, 11) is 0. The number of nitrogens with two attached hydrogens (primary N) is 1. The topological polar surface area (TPSA) is 93.2 Å². The minimum absolute atomic E-state index is 0. The molecule has 4 N–H and O–H groups in total. The summed E-state index contributed by atoms with van der Waals surface area (Å²) in [6, 6.07) is 2.00. The summed E-state index contributed by atoms with van der Waals surface area (Å²) in [5.41, 5.74) is 5.72. The summed E-state index contributed by atoms with van der Waals surface area (Å²) < 4.78 is 5.22. The van der Waals surface area contributed by atoms with Gasteiger partial charge in [0, 0.05) is 23.6 Å². The quantitative estimate of drug-likeness (QED) is 0.782. The fourth-order valence-electron chi connectivity index (χ4n) is 2.29. The lowest BCUT2D eigenvalue weighted by molar-refractivity contribution is 0.242. The first-order valence-electron chi connectivity index (χ1n) is 7.15. The number of hydrogen-bond acceptors (Lipinski definition) is 4. The molecule has 1 aromatic rings. The van der Waals surface area contributed by atoms with Gasteiger partial charge in [-0.05, 0) is 25.7 Å². The third-order valence-corrected chi connectivity index (χ3v) is 3.60. The summed E-state index contributed by atoms with van der Waals surface area (Å²) in [5.74, 6) is 1.19. The van der Waals surface area contributed by atoms with Crippen LogP contribution in [0.15, 0.2) is 10.6 Å². The van der Waals surface area contributed by atoms with Gasteiger partial charge in [0.25, 0.3) is 0 Å². The Morgan fingerprint density at radius 1 is 1.33 bits per heavy atom. The van der Waals surface area contributed by atoms with Gasteiger partial charge in [0.15, 0.2) is 5.82 Å². The number of urea groups is 1. The van der Waals surface area contributed by atoms with E-state index < -0.39 is 0 Å². The van der Waals surface area contributed by atoms with Crippen molar-refractivity contribution in [3.8, 4) is 0 Å². The number of anilines is 1. The second-order valence-electron chi connectivity index (χ2n) is 6.54. The van der Waals surface area contributed by atoms with Crippen LogP contribution in [-0.4, -0.2) is 23.3 Å². The number of carbonyl (C=O) groups is 1. The highest BCUT2D eigenvalue weighted by Crippen LogP contribution is 2.24. The van der Waals surface area contributed by atoms with Crippen LogP contribution in [0.2, 0.25) is 0 Å². The molecule has 120 valence electrons. The van der Waals surface area contributed by atoms with Crippen molar-refractivity contribution in [2.24, 2.45) is 5.73 Å². The van der Waals surface area contributed by atoms with Crippen molar-refractivity contribution in [2.45, 2.75) is 64.0 Å². The highest BCUT2D eigenvalue weighted by atomic mass is 35.5. The molecular weight excluding hydrogens is 292 g/mol. The minimum atomic E-state index is -0.237. The Morgan fingerprint density at radius 3 is 2.48 bits per heavy atom. The molecule has 0 aromatic carbocycles. The number of nitrogens with one attached hydrogen (secondary N) is 2. The predicted octanol–water partition coefficient (Wildman–Crippen LogP) is 2.79. The first-order chi connectivity index (χ1) is 9.34. The lowest BCUT2D eigenvalue weighted by atomic mass is 9.92. The van der Waals surface area contributed by atoms with Crippen LogP contribution in [0, 0.1) is 0 Å². The lowest BCUT2D eigenvalue weighted by Gasteiger charge is -2.26. The Kier molecular flexibility index (Phi) is 6.04. The maximum atomic E-state index is 11.9. The van der Waals surface area contributed by atoms with E-state index in [1.54, 1.807) is 6.07 Å². The molecule has 1 fully saturated rings. The summed E-state index contributed by atoms with van der Waals surface area (Å²) >= 11 is 0. The molecule has 0 saturated heterocycles. The maximum Gasteiger partial charge on any atom is 0.320 e. The van der Waals surface area contributed by atoms with E-state index in [1.807, 2.05) is 20.8 Å². The van der Waals surface area contributed by atoms with Crippen LogP contribution in [0.25, 0.3) is 0 Å². The molecule has 1 aliphatic carbocycles. The normalized spacial score (nSPS) is 22.3. The number of halogens is 1. The molecule has 1 saturated carbocycles. The van der Waals surface area contributed by atoms with Crippen molar-refractivity contribution < 1.29 is 9.32 Å². The van der Waals surface area contributed by atoms with Crippen molar-refractivity contribution in [3.63, 3.8) is 0 Å². The molecule has 1 aliphatic rings. The second-order valence-corrected chi connectivity index (χ2v) is 6.54. The number of aromatic nitrogens is 1. The Hall–Kier alpha value is -1.27. The van der Waals surface area contributed by atoms with Crippen LogP contribution in [0.5, 0.6) is 0 Å². The van der Waals surface area contributed by atoms with E-state index in [-0.39, 0.29) is 35.9 Å². The van der Waals surface area contributed by atoms with Crippen molar-refractivity contribution in [1.29, 1.82) is 0 Å². The van der Waals surface area contributed by atoms with Gasteiger partial charge in [0.2, 0.25) is 0 Å². The zero-order chi connectivity index (χ0) is 14.8. The van der Waals surface area contributed by atoms with E-state index in [4.69, 9.17) is 10.3 Å². The minimum Gasteiger partial charge on any atom is -0.359 e. The van der Waals surface area contributed by atoms with E-state index in [1.165, 1.54) is 0 Å². The van der Waals surface area contributed by atoms with Gasteiger partial charge in [-0.15, -0.1) is 12.4 Å². The number of amides is 2. The van der Waals surface area contributed by atoms with Crippen molar-refractivity contribution >= 4 is 24.3 Å². The van der Waals surface area contributed by atoms with Gasteiger partial charge in [-0.25, -0.2) is 4.79 Å². The number of hydrogen-bond donors (Lipinski definition) is 3. The molecule has 0 atom stereocenters. The van der Waals surface area contributed by atoms with Gasteiger partial charge in [-0.1, -0.05) is 25.9 Å². The summed E-state index contributed by atoms with van der Waals surface area (Å²) in [6.07, 6.45) is 3.79. The lowest BCUT2D eigenvalue weighted by Crippen LogP contribution is -2.42. The van der Waals surface area contributed by atoms with Gasteiger partial charge in [-0.2, -0.15) is 0 Å². The average molecular weight is 317 g/mol. The largest absolute Gasteiger partial charge is 0.359 e. The molecule has 21 heavy (non-hydrogen) atoms. The SMILES string of the molecule is CC(C)(C)c1cc(NC(=O)NC2CCC(N)CC2)no1.Cl. The summed E-state index contributed by atoms with van der Waals surface area (Å²) in [5, 5.41) is 9.52. The van der Waals surface area contributed by atoms with E-state index in [2.05, 4.69) is 15.8 Å². The monoisotopic (exact) mass is 316 g/mol. The molecule has 0 aliphatic heterocycles. The molecule has 2 amide bonds. The average Bonchev–Trinajstić information content (AvgIpc) is 2.80. The number of rotatable bonds is 2. The fraction of sp³-hybridized carbons (Fsp3) is 0.714. The van der Waals surface area contributed by atoms with E-state index in [0.29, 0.717) is 5.82 Å². The standard InChI is InChI=1S/C14H24N4O2.ClH/c1-14(2,3)11-8-12(18-20-11)17-13(19)16-10-6-4-9(15)5-7-10;/h8-10H,4-7,15H2,1-3H3,(H2,16,17,18,19);1H. The predicted molar refractivity (Wildman–Crippen MR) is 84.8 cm³/mol. The molecule has 6 nitrogen and oxygen atoms in total. The third-order valence-electron chi connectivity index (χ3n) is 3.60. The fourth-order valence-corrected chi connectivity index (χ4v) is 2.29. The molecule has 0 unspecified atom stereocenters. The van der Waals surface area contributed by atoms with Crippen LogP contribution < -0.4 is 16.4 Å². The molecule has 0 bridgehead atoms. The Balaban J connectivity index is 0.00000220. The van der Waals surface area contributed by atoms with E-state index in [0.717, 1.165) is 31.4 Å². The Morgan fingerprint density at radius 2 is 1.95 bits per heavy atom. The zero-order valence-corrected chi connectivity index (χ0v) is 13.6. The van der Waals surface area contributed by atoms with E-state index in [9.17, 15) is 4.79 Å². The third kappa shape index (κ3) is 5.21. The number of carbonyl (C=O) groups excluding carboxylic acids is 1. The van der Waals surface area contributed by atoms with Crippen molar-refractivity contribution in [2.75, 3.05) is 5.32 Å². The van der Waals surface area contributed by atoms with Crippen LogP contribution in [-0.2, 0) is 5.41 Å². The highest BCUT2D eigenvalue weighted by Gasteiger charge is 2.22. The van der Waals surface area contributed by atoms with Crippen molar-refractivity contribution in [1.82, 2.24) is 10.5 Å². The Bertz CT molecular complexity index is 462.